The molecule has 1 rings (SSSR count). The van der Waals surface area contributed by atoms with Gasteiger partial charge in [-0.3, -0.25) is 14.9 Å². The number of benzene rings is 1. The molecule has 1 amide bonds. The number of carbonyl (C=O) groups excluding carboxylic acids is 1. The van der Waals surface area contributed by atoms with Gasteiger partial charge in [-0.05, 0) is 12.1 Å². The molecule has 0 atom stereocenters. The van der Waals surface area contributed by atoms with E-state index in [1.807, 2.05) is 0 Å². The number of hydrogen-bond acceptors (Lipinski definition) is 4. The van der Waals surface area contributed by atoms with E-state index in [1.165, 1.54) is 23.1 Å². The summed E-state index contributed by atoms with van der Waals surface area (Å²) in [5.41, 5.74) is -0.283. The van der Waals surface area contributed by atoms with Crippen LogP contribution in [0.2, 0.25) is 5.02 Å². The Morgan fingerprint density at radius 3 is 2.52 bits per heavy atom. The SMILES string of the molecule is C=CCN(CC=C)C(=O)COc1ccc(Cl)cc1[N+](=O)[O-]. The number of hydrogen-bond donors (Lipinski definition) is 0. The molecule has 0 N–H and O–H groups in total. The molecule has 0 saturated carbocycles. The Hall–Kier alpha value is -2.34. The largest absolute Gasteiger partial charge is 0.477 e. The van der Waals surface area contributed by atoms with Crippen molar-refractivity contribution in [3.63, 3.8) is 0 Å². The van der Waals surface area contributed by atoms with Crippen molar-refractivity contribution in [2.45, 2.75) is 0 Å². The van der Waals surface area contributed by atoms with Crippen LogP contribution in [-0.2, 0) is 4.79 Å². The van der Waals surface area contributed by atoms with Crippen LogP contribution in [0, 0.1) is 10.1 Å². The van der Waals surface area contributed by atoms with E-state index in [0.29, 0.717) is 13.1 Å². The van der Waals surface area contributed by atoms with Crippen molar-refractivity contribution in [2.24, 2.45) is 0 Å². The van der Waals surface area contributed by atoms with Gasteiger partial charge in [-0.25, -0.2) is 0 Å². The van der Waals surface area contributed by atoms with Gasteiger partial charge in [0.05, 0.1) is 4.92 Å². The number of ether oxygens (including phenoxy) is 1. The fourth-order valence-corrected chi connectivity index (χ4v) is 1.74. The molecule has 1 aromatic rings. The molecule has 0 aliphatic heterocycles. The van der Waals surface area contributed by atoms with E-state index >= 15 is 0 Å². The number of carbonyl (C=O) groups is 1. The maximum Gasteiger partial charge on any atom is 0.312 e. The van der Waals surface area contributed by atoms with Crippen molar-refractivity contribution in [2.75, 3.05) is 19.7 Å². The number of rotatable bonds is 8. The lowest BCUT2D eigenvalue weighted by atomic mass is 10.3. The van der Waals surface area contributed by atoms with Crippen LogP contribution in [0.15, 0.2) is 43.5 Å². The van der Waals surface area contributed by atoms with Crippen LogP contribution >= 0.6 is 11.6 Å². The molecule has 7 heteroatoms. The molecule has 1 aromatic carbocycles. The Bertz CT molecular complexity index is 550. The topological polar surface area (TPSA) is 72.7 Å². The first-order chi connectivity index (χ1) is 9.99. The first kappa shape index (κ1) is 16.7. The van der Waals surface area contributed by atoms with Gasteiger partial charge < -0.3 is 9.64 Å². The monoisotopic (exact) mass is 310 g/mol. The maximum absolute atomic E-state index is 12.0. The van der Waals surface area contributed by atoms with Crippen LogP contribution in [0.5, 0.6) is 5.75 Å². The minimum absolute atomic E-state index is 0.00472. The van der Waals surface area contributed by atoms with Crippen LogP contribution < -0.4 is 4.74 Å². The fraction of sp³-hybridized carbons (Fsp3) is 0.214. The zero-order chi connectivity index (χ0) is 15.8. The summed E-state index contributed by atoms with van der Waals surface area (Å²) in [6.45, 7) is 7.49. The smallest absolute Gasteiger partial charge is 0.312 e. The van der Waals surface area contributed by atoms with Crippen molar-refractivity contribution in [1.29, 1.82) is 0 Å². The quantitative estimate of drug-likeness (QED) is 0.420. The molecule has 0 aliphatic carbocycles. The zero-order valence-electron chi connectivity index (χ0n) is 11.3. The van der Waals surface area contributed by atoms with E-state index in [1.54, 1.807) is 12.2 Å². The van der Waals surface area contributed by atoms with Gasteiger partial charge in [0.1, 0.15) is 0 Å². The molecule has 0 aromatic heterocycles. The molecule has 21 heavy (non-hydrogen) atoms. The second-order valence-electron chi connectivity index (χ2n) is 4.03. The minimum Gasteiger partial charge on any atom is -0.477 e. The molecular weight excluding hydrogens is 296 g/mol. The van der Waals surface area contributed by atoms with Gasteiger partial charge in [0, 0.05) is 24.2 Å². The lowest BCUT2D eigenvalue weighted by molar-refractivity contribution is -0.385. The zero-order valence-corrected chi connectivity index (χ0v) is 12.1. The summed E-state index contributed by atoms with van der Waals surface area (Å²) in [5.74, 6) is -0.325. The third-order valence-corrected chi connectivity index (χ3v) is 2.76. The molecule has 0 heterocycles. The van der Waals surface area contributed by atoms with Crippen LogP contribution in [0.3, 0.4) is 0 Å². The Morgan fingerprint density at radius 2 is 2.00 bits per heavy atom. The van der Waals surface area contributed by atoms with Gasteiger partial charge in [0.2, 0.25) is 0 Å². The van der Waals surface area contributed by atoms with E-state index in [0.717, 1.165) is 0 Å². The summed E-state index contributed by atoms with van der Waals surface area (Å²) in [5, 5.41) is 11.1. The predicted molar refractivity (Wildman–Crippen MR) is 80.6 cm³/mol. The number of nitro groups is 1. The molecule has 0 bridgehead atoms. The van der Waals surface area contributed by atoms with Crippen molar-refractivity contribution < 1.29 is 14.5 Å². The normalized spacial score (nSPS) is 9.76. The van der Waals surface area contributed by atoms with Crippen molar-refractivity contribution in [3.05, 3.63) is 58.6 Å². The Balaban J connectivity index is 2.78. The Kier molecular flexibility index (Phi) is 6.42. The average molecular weight is 311 g/mol. The lowest BCUT2D eigenvalue weighted by Crippen LogP contribution is -2.35. The van der Waals surface area contributed by atoms with Gasteiger partial charge in [0.15, 0.2) is 12.4 Å². The van der Waals surface area contributed by atoms with Crippen molar-refractivity contribution >= 4 is 23.2 Å². The average Bonchev–Trinajstić information content (AvgIpc) is 2.45. The molecule has 112 valence electrons. The summed E-state index contributed by atoms with van der Waals surface area (Å²) in [4.78, 5) is 23.7. The first-order valence-electron chi connectivity index (χ1n) is 6.06. The Morgan fingerprint density at radius 1 is 1.38 bits per heavy atom. The minimum atomic E-state index is -0.614. The van der Waals surface area contributed by atoms with E-state index < -0.39 is 4.92 Å². The van der Waals surface area contributed by atoms with Crippen LogP contribution in [0.1, 0.15) is 0 Å². The first-order valence-corrected chi connectivity index (χ1v) is 6.43. The standard InChI is InChI=1S/C14H15ClN2O4/c1-3-7-16(8-4-2)14(18)10-21-13-6-5-11(15)9-12(13)17(19)20/h3-6,9H,1-2,7-8,10H2. The number of amides is 1. The molecule has 0 fully saturated rings. The molecule has 6 nitrogen and oxygen atoms in total. The third kappa shape index (κ3) is 4.92. The Labute approximate surface area is 127 Å². The number of halogens is 1. The van der Waals surface area contributed by atoms with E-state index in [-0.39, 0.29) is 29.0 Å². The third-order valence-electron chi connectivity index (χ3n) is 2.52. The highest BCUT2D eigenvalue weighted by Gasteiger charge is 2.18. The summed E-state index contributed by atoms with van der Waals surface area (Å²) in [6.07, 6.45) is 3.15. The van der Waals surface area contributed by atoms with Crippen LogP contribution in [0.25, 0.3) is 0 Å². The molecule has 0 aliphatic rings. The highest BCUT2D eigenvalue weighted by Crippen LogP contribution is 2.29. The van der Waals surface area contributed by atoms with Crippen molar-refractivity contribution in [3.8, 4) is 5.75 Å². The van der Waals surface area contributed by atoms with Crippen LogP contribution in [0.4, 0.5) is 5.69 Å². The fourth-order valence-electron chi connectivity index (χ4n) is 1.58. The van der Waals surface area contributed by atoms with E-state index in [2.05, 4.69) is 13.2 Å². The number of nitro benzene ring substituents is 1. The predicted octanol–water partition coefficient (Wildman–Crippen LogP) is 2.83. The molecule has 0 saturated heterocycles. The summed E-state index contributed by atoms with van der Waals surface area (Å²) in [7, 11) is 0. The summed E-state index contributed by atoms with van der Waals surface area (Å²) in [6, 6.07) is 3.99. The second-order valence-corrected chi connectivity index (χ2v) is 4.47. The molecular formula is C14H15ClN2O4. The summed E-state index contributed by atoms with van der Waals surface area (Å²) < 4.78 is 5.23. The highest BCUT2D eigenvalue weighted by molar-refractivity contribution is 6.30. The van der Waals surface area contributed by atoms with E-state index in [9.17, 15) is 14.9 Å². The van der Waals surface area contributed by atoms with Gasteiger partial charge in [-0.15, -0.1) is 13.2 Å². The van der Waals surface area contributed by atoms with E-state index in [4.69, 9.17) is 16.3 Å². The molecule has 0 radical (unpaired) electrons. The van der Waals surface area contributed by atoms with Crippen molar-refractivity contribution in [1.82, 2.24) is 4.90 Å². The van der Waals surface area contributed by atoms with Gasteiger partial charge in [-0.2, -0.15) is 0 Å². The van der Waals surface area contributed by atoms with Gasteiger partial charge >= 0.3 is 5.69 Å². The number of nitrogens with zero attached hydrogens (tertiary/aromatic N) is 2. The van der Waals surface area contributed by atoms with Gasteiger partial charge in [0.25, 0.3) is 5.91 Å². The maximum atomic E-state index is 12.0. The summed E-state index contributed by atoms with van der Waals surface area (Å²) >= 11 is 5.70. The molecule has 0 unspecified atom stereocenters. The highest BCUT2D eigenvalue weighted by atomic mass is 35.5. The molecule has 0 spiro atoms. The lowest BCUT2D eigenvalue weighted by Gasteiger charge is -2.19. The van der Waals surface area contributed by atoms with Crippen LogP contribution in [-0.4, -0.2) is 35.4 Å². The van der Waals surface area contributed by atoms with Gasteiger partial charge in [-0.1, -0.05) is 23.8 Å². The second kappa shape index (κ2) is 8.06.